The van der Waals surface area contributed by atoms with Crippen molar-refractivity contribution in [3.8, 4) is 0 Å². The van der Waals surface area contributed by atoms with Crippen LogP contribution in [0, 0.1) is 0 Å². The largest absolute Gasteiger partial charge is 0.377 e. The molecule has 0 bridgehead atoms. The average Bonchev–Trinajstić information content (AvgIpc) is 3.05. The lowest BCUT2D eigenvalue weighted by Gasteiger charge is -2.35. The highest BCUT2D eigenvalue weighted by Gasteiger charge is 2.38. The van der Waals surface area contributed by atoms with Crippen molar-refractivity contribution in [1.29, 1.82) is 0 Å². The standard InChI is InChI=1S/C16H30N2O2/c1-4-16(19)18-10-6-8-15(18)14-7-5-9-17(14)11-12-20-13(2)3/h13-15H,4-12H2,1-3H3/t14-,15-/m1/s1. The number of amides is 1. The Labute approximate surface area is 123 Å². The highest BCUT2D eigenvalue weighted by atomic mass is 16.5. The molecule has 0 radical (unpaired) electrons. The van der Waals surface area contributed by atoms with E-state index < -0.39 is 0 Å². The fourth-order valence-corrected chi connectivity index (χ4v) is 3.68. The van der Waals surface area contributed by atoms with E-state index in [0.717, 1.165) is 26.2 Å². The summed E-state index contributed by atoms with van der Waals surface area (Å²) in [6.07, 6.45) is 5.79. The molecule has 0 saturated carbocycles. The predicted octanol–water partition coefficient (Wildman–Crippen LogP) is 2.28. The molecule has 2 rings (SSSR count). The van der Waals surface area contributed by atoms with E-state index in [2.05, 4.69) is 23.6 Å². The van der Waals surface area contributed by atoms with E-state index in [0.29, 0.717) is 30.5 Å². The summed E-state index contributed by atoms with van der Waals surface area (Å²) in [5.41, 5.74) is 0. The lowest BCUT2D eigenvalue weighted by molar-refractivity contribution is -0.132. The molecule has 2 saturated heterocycles. The van der Waals surface area contributed by atoms with Crippen LogP contribution >= 0.6 is 0 Å². The fourth-order valence-electron chi connectivity index (χ4n) is 3.68. The second kappa shape index (κ2) is 7.41. The van der Waals surface area contributed by atoms with Gasteiger partial charge >= 0.3 is 0 Å². The number of rotatable bonds is 6. The maximum absolute atomic E-state index is 12.1. The summed E-state index contributed by atoms with van der Waals surface area (Å²) in [7, 11) is 0. The third-order valence-electron chi connectivity index (χ3n) is 4.61. The van der Waals surface area contributed by atoms with E-state index in [1.807, 2.05) is 6.92 Å². The molecule has 0 spiro atoms. The highest BCUT2D eigenvalue weighted by Crippen LogP contribution is 2.30. The molecule has 0 aromatic rings. The molecule has 0 aromatic heterocycles. The molecular formula is C16H30N2O2. The maximum atomic E-state index is 12.1. The minimum atomic E-state index is 0.306. The highest BCUT2D eigenvalue weighted by molar-refractivity contribution is 5.76. The summed E-state index contributed by atoms with van der Waals surface area (Å²) in [6, 6.07) is 1.01. The van der Waals surface area contributed by atoms with Crippen molar-refractivity contribution in [1.82, 2.24) is 9.80 Å². The van der Waals surface area contributed by atoms with Gasteiger partial charge in [0.2, 0.25) is 5.91 Å². The van der Waals surface area contributed by atoms with Crippen molar-refractivity contribution < 1.29 is 9.53 Å². The smallest absolute Gasteiger partial charge is 0.222 e. The van der Waals surface area contributed by atoms with Crippen LogP contribution in [0.3, 0.4) is 0 Å². The Bertz CT molecular complexity index is 320. The third-order valence-corrected chi connectivity index (χ3v) is 4.61. The van der Waals surface area contributed by atoms with E-state index in [9.17, 15) is 4.79 Å². The lowest BCUT2D eigenvalue weighted by atomic mass is 10.0. The summed E-state index contributed by atoms with van der Waals surface area (Å²) in [5, 5.41) is 0. The second-order valence-corrected chi connectivity index (χ2v) is 6.32. The van der Waals surface area contributed by atoms with Gasteiger partial charge in [0.15, 0.2) is 0 Å². The van der Waals surface area contributed by atoms with Gasteiger partial charge in [0.05, 0.1) is 12.7 Å². The van der Waals surface area contributed by atoms with Gasteiger partial charge in [-0.3, -0.25) is 9.69 Å². The van der Waals surface area contributed by atoms with Crippen LogP contribution in [0.25, 0.3) is 0 Å². The van der Waals surface area contributed by atoms with Crippen LogP contribution in [-0.4, -0.2) is 60.1 Å². The third kappa shape index (κ3) is 3.73. The van der Waals surface area contributed by atoms with Gasteiger partial charge in [0.1, 0.15) is 0 Å². The van der Waals surface area contributed by atoms with Crippen molar-refractivity contribution >= 4 is 5.91 Å². The zero-order valence-corrected chi connectivity index (χ0v) is 13.3. The van der Waals surface area contributed by atoms with E-state index in [-0.39, 0.29) is 0 Å². The van der Waals surface area contributed by atoms with E-state index in [1.165, 1.54) is 25.7 Å². The van der Waals surface area contributed by atoms with Gasteiger partial charge in [-0.2, -0.15) is 0 Å². The van der Waals surface area contributed by atoms with Crippen LogP contribution in [-0.2, 0) is 9.53 Å². The van der Waals surface area contributed by atoms with Crippen LogP contribution in [0.4, 0.5) is 0 Å². The topological polar surface area (TPSA) is 32.8 Å². The molecule has 2 aliphatic heterocycles. The Morgan fingerprint density at radius 3 is 2.60 bits per heavy atom. The normalized spacial score (nSPS) is 27.7. The first-order chi connectivity index (χ1) is 9.63. The molecule has 2 fully saturated rings. The van der Waals surface area contributed by atoms with E-state index in [4.69, 9.17) is 4.74 Å². The summed E-state index contributed by atoms with van der Waals surface area (Å²) >= 11 is 0. The van der Waals surface area contributed by atoms with Crippen molar-refractivity contribution in [2.75, 3.05) is 26.2 Å². The van der Waals surface area contributed by atoms with Crippen LogP contribution in [0.1, 0.15) is 52.9 Å². The molecule has 0 unspecified atom stereocenters. The molecule has 0 aromatic carbocycles. The quantitative estimate of drug-likeness (QED) is 0.749. The Kier molecular flexibility index (Phi) is 5.85. The van der Waals surface area contributed by atoms with Crippen molar-refractivity contribution in [2.45, 2.75) is 71.1 Å². The van der Waals surface area contributed by atoms with Gasteiger partial charge in [-0.15, -0.1) is 0 Å². The Balaban J connectivity index is 1.90. The summed E-state index contributed by atoms with van der Waals surface area (Å²) in [5.74, 6) is 0.331. The van der Waals surface area contributed by atoms with Crippen LogP contribution in [0.5, 0.6) is 0 Å². The summed E-state index contributed by atoms with van der Waals surface area (Å²) in [6.45, 7) is 10.1. The first-order valence-electron chi connectivity index (χ1n) is 8.28. The van der Waals surface area contributed by atoms with Crippen LogP contribution in [0.2, 0.25) is 0 Å². The average molecular weight is 282 g/mol. The number of carbonyl (C=O) groups is 1. The van der Waals surface area contributed by atoms with Gasteiger partial charge in [-0.05, 0) is 46.1 Å². The number of hydrogen-bond donors (Lipinski definition) is 0. The molecule has 4 heteroatoms. The molecule has 116 valence electrons. The molecule has 4 nitrogen and oxygen atoms in total. The summed E-state index contributed by atoms with van der Waals surface area (Å²) < 4.78 is 5.69. The Morgan fingerprint density at radius 1 is 1.20 bits per heavy atom. The number of nitrogens with zero attached hydrogens (tertiary/aromatic N) is 2. The maximum Gasteiger partial charge on any atom is 0.222 e. The van der Waals surface area contributed by atoms with Crippen LogP contribution in [0.15, 0.2) is 0 Å². The molecule has 2 atom stereocenters. The van der Waals surface area contributed by atoms with Crippen molar-refractivity contribution in [3.05, 3.63) is 0 Å². The van der Waals surface area contributed by atoms with Crippen molar-refractivity contribution in [3.63, 3.8) is 0 Å². The molecular weight excluding hydrogens is 252 g/mol. The number of hydrogen-bond acceptors (Lipinski definition) is 3. The second-order valence-electron chi connectivity index (χ2n) is 6.32. The molecule has 0 aliphatic carbocycles. The number of ether oxygens (including phenoxy) is 1. The zero-order valence-electron chi connectivity index (χ0n) is 13.3. The van der Waals surface area contributed by atoms with Gasteiger partial charge in [0, 0.05) is 31.6 Å². The minimum Gasteiger partial charge on any atom is -0.377 e. The number of likely N-dealkylation sites (tertiary alicyclic amines) is 2. The Hall–Kier alpha value is -0.610. The predicted molar refractivity (Wildman–Crippen MR) is 80.7 cm³/mol. The van der Waals surface area contributed by atoms with Gasteiger partial charge < -0.3 is 9.64 Å². The fraction of sp³-hybridized carbons (Fsp3) is 0.938. The lowest BCUT2D eigenvalue weighted by Crippen LogP contribution is -2.48. The van der Waals surface area contributed by atoms with Gasteiger partial charge in [-0.25, -0.2) is 0 Å². The van der Waals surface area contributed by atoms with E-state index >= 15 is 0 Å². The Morgan fingerprint density at radius 2 is 1.90 bits per heavy atom. The first kappa shape index (κ1) is 15.8. The van der Waals surface area contributed by atoms with Crippen molar-refractivity contribution in [2.24, 2.45) is 0 Å². The molecule has 0 N–H and O–H groups in total. The zero-order chi connectivity index (χ0) is 14.5. The minimum absolute atomic E-state index is 0.306. The number of carbonyl (C=O) groups excluding carboxylic acids is 1. The van der Waals surface area contributed by atoms with Gasteiger partial charge in [0.25, 0.3) is 0 Å². The molecule has 2 heterocycles. The monoisotopic (exact) mass is 282 g/mol. The van der Waals surface area contributed by atoms with E-state index in [1.54, 1.807) is 0 Å². The molecule has 1 amide bonds. The first-order valence-corrected chi connectivity index (χ1v) is 8.28. The van der Waals surface area contributed by atoms with Crippen LogP contribution < -0.4 is 0 Å². The van der Waals surface area contributed by atoms with Gasteiger partial charge in [-0.1, -0.05) is 6.92 Å². The molecule has 2 aliphatic rings. The summed E-state index contributed by atoms with van der Waals surface area (Å²) in [4.78, 5) is 16.8. The SMILES string of the molecule is CCC(=O)N1CCC[C@@H]1[C@H]1CCCN1CCOC(C)C. The molecule has 20 heavy (non-hydrogen) atoms.